The maximum atomic E-state index is 6.29. The van der Waals surface area contributed by atoms with Gasteiger partial charge in [0.1, 0.15) is 0 Å². The van der Waals surface area contributed by atoms with Gasteiger partial charge in [-0.3, -0.25) is 0 Å². The van der Waals surface area contributed by atoms with Gasteiger partial charge in [-0.15, -0.1) is 0 Å². The number of rotatable bonds is 3. The van der Waals surface area contributed by atoms with E-state index in [9.17, 15) is 0 Å². The third-order valence-electron chi connectivity index (χ3n) is 6.77. The normalized spacial score (nSPS) is 11.9. The Morgan fingerprint density at radius 1 is 0.571 bits per heavy atom. The Labute approximate surface area is 205 Å². The predicted octanol–water partition coefficient (Wildman–Crippen LogP) is 9.28. The molecule has 0 bridgehead atoms. The third kappa shape index (κ3) is 3.81. The maximum absolute atomic E-state index is 6.29. The van der Waals surface area contributed by atoms with E-state index < -0.39 is 0 Å². The van der Waals surface area contributed by atoms with Crippen LogP contribution in [0.4, 0.5) is 0 Å². The molecule has 0 saturated carbocycles. The molecule has 0 aliphatic carbocycles. The van der Waals surface area contributed by atoms with Crippen molar-refractivity contribution in [3.05, 3.63) is 115 Å². The average Bonchev–Trinajstić information content (AvgIpc) is 3.37. The van der Waals surface area contributed by atoms with E-state index in [0.717, 1.165) is 22.3 Å². The largest absolute Gasteiger partial charge is 0.436 e. The first-order valence-electron chi connectivity index (χ1n) is 12.1. The molecule has 0 unspecified atom stereocenters. The molecule has 2 nitrogen and oxygen atoms in total. The molecule has 5 aromatic carbocycles. The monoisotopic (exact) mass is 453 g/mol. The molecule has 35 heavy (non-hydrogen) atoms. The number of hydrogen-bond acceptors (Lipinski definition) is 2. The van der Waals surface area contributed by atoms with Crippen LogP contribution in [-0.4, -0.2) is 4.98 Å². The van der Waals surface area contributed by atoms with Gasteiger partial charge in [-0.1, -0.05) is 106 Å². The van der Waals surface area contributed by atoms with Gasteiger partial charge in [0.25, 0.3) is 0 Å². The van der Waals surface area contributed by atoms with Gasteiger partial charge in [0.2, 0.25) is 5.89 Å². The Kier molecular flexibility index (Phi) is 5.04. The zero-order valence-corrected chi connectivity index (χ0v) is 20.2. The highest BCUT2D eigenvalue weighted by Gasteiger charge is 2.16. The van der Waals surface area contributed by atoms with Crippen molar-refractivity contribution < 1.29 is 4.42 Å². The highest BCUT2D eigenvalue weighted by Crippen LogP contribution is 2.39. The second-order valence-corrected chi connectivity index (χ2v) is 10.1. The van der Waals surface area contributed by atoms with E-state index in [2.05, 4.69) is 129 Å². The molecule has 170 valence electrons. The number of aromatic nitrogens is 1. The zero-order valence-electron chi connectivity index (χ0n) is 20.2. The van der Waals surface area contributed by atoms with Crippen LogP contribution in [0.25, 0.3) is 55.4 Å². The number of benzene rings is 5. The van der Waals surface area contributed by atoms with Crippen molar-refractivity contribution in [1.29, 1.82) is 0 Å². The van der Waals surface area contributed by atoms with E-state index in [1.54, 1.807) is 0 Å². The molecule has 0 aliphatic rings. The third-order valence-corrected chi connectivity index (χ3v) is 6.77. The minimum absolute atomic E-state index is 0.116. The number of hydrogen-bond donors (Lipinski definition) is 0. The fraction of sp³-hybridized carbons (Fsp3) is 0.121. The molecule has 0 radical (unpaired) electrons. The molecule has 0 fully saturated rings. The smallest absolute Gasteiger partial charge is 0.226 e. The van der Waals surface area contributed by atoms with E-state index in [0.29, 0.717) is 5.89 Å². The standard InChI is InChI=1S/C33H27NO/c1-33(2,3)24-17-15-23(16-18-24)32-34-21-31(35-32)30-20-19-29(27-12-6-7-13-28(27)30)26-14-8-10-22-9-4-5-11-25(22)26/h4-21H,1-3H3. The van der Waals surface area contributed by atoms with Crippen LogP contribution < -0.4 is 0 Å². The molecule has 0 atom stereocenters. The summed E-state index contributed by atoms with van der Waals surface area (Å²) < 4.78 is 6.29. The first-order chi connectivity index (χ1) is 17.0. The average molecular weight is 454 g/mol. The molecular formula is C33H27NO. The van der Waals surface area contributed by atoms with Crippen LogP contribution in [0.3, 0.4) is 0 Å². The van der Waals surface area contributed by atoms with Gasteiger partial charge in [-0.2, -0.15) is 0 Å². The van der Waals surface area contributed by atoms with Crippen molar-refractivity contribution >= 4 is 21.5 Å². The van der Waals surface area contributed by atoms with Gasteiger partial charge in [0, 0.05) is 11.1 Å². The first-order valence-corrected chi connectivity index (χ1v) is 12.1. The Hall–Kier alpha value is -4.17. The lowest BCUT2D eigenvalue weighted by Crippen LogP contribution is -2.10. The summed E-state index contributed by atoms with van der Waals surface area (Å²) >= 11 is 0. The summed E-state index contributed by atoms with van der Waals surface area (Å²) in [4.78, 5) is 4.62. The lowest BCUT2D eigenvalue weighted by molar-refractivity contribution is 0.585. The van der Waals surface area contributed by atoms with Crippen LogP contribution in [0, 0.1) is 0 Å². The fourth-order valence-electron chi connectivity index (χ4n) is 4.85. The van der Waals surface area contributed by atoms with Gasteiger partial charge < -0.3 is 4.42 Å². The van der Waals surface area contributed by atoms with E-state index in [1.807, 2.05) is 6.20 Å². The molecule has 1 aromatic heterocycles. The van der Waals surface area contributed by atoms with Gasteiger partial charge in [0.05, 0.1) is 6.20 Å². The molecule has 0 N–H and O–H groups in total. The first kappa shape index (κ1) is 21.4. The molecule has 6 rings (SSSR count). The van der Waals surface area contributed by atoms with Crippen LogP contribution in [0.1, 0.15) is 26.3 Å². The number of oxazole rings is 1. The van der Waals surface area contributed by atoms with E-state index in [-0.39, 0.29) is 5.41 Å². The van der Waals surface area contributed by atoms with E-state index >= 15 is 0 Å². The van der Waals surface area contributed by atoms with Crippen molar-refractivity contribution in [3.63, 3.8) is 0 Å². The molecule has 0 aliphatic heterocycles. The highest BCUT2D eigenvalue weighted by atomic mass is 16.4. The van der Waals surface area contributed by atoms with Gasteiger partial charge in [-0.05, 0) is 61.8 Å². The van der Waals surface area contributed by atoms with Crippen molar-refractivity contribution in [1.82, 2.24) is 4.98 Å². The van der Waals surface area contributed by atoms with Crippen molar-refractivity contribution in [3.8, 4) is 33.9 Å². The Bertz CT molecular complexity index is 1660. The predicted molar refractivity (Wildman–Crippen MR) is 147 cm³/mol. The second kappa shape index (κ2) is 8.25. The number of nitrogens with zero attached hydrogens (tertiary/aromatic N) is 1. The van der Waals surface area contributed by atoms with E-state index in [1.165, 1.54) is 32.8 Å². The summed E-state index contributed by atoms with van der Waals surface area (Å²) in [5.74, 6) is 1.42. The van der Waals surface area contributed by atoms with Crippen molar-refractivity contribution in [2.24, 2.45) is 0 Å². The lowest BCUT2D eigenvalue weighted by Gasteiger charge is -2.18. The summed E-state index contributed by atoms with van der Waals surface area (Å²) in [7, 11) is 0. The summed E-state index contributed by atoms with van der Waals surface area (Å²) in [5.41, 5.74) is 5.91. The summed E-state index contributed by atoms with van der Waals surface area (Å²) in [6, 6.07) is 36.5. The number of fused-ring (bicyclic) bond motifs is 2. The van der Waals surface area contributed by atoms with E-state index in [4.69, 9.17) is 4.42 Å². The summed E-state index contributed by atoms with van der Waals surface area (Å²) in [6.45, 7) is 6.66. The zero-order chi connectivity index (χ0) is 24.0. The summed E-state index contributed by atoms with van der Waals surface area (Å²) in [6.07, 6.45) is 1.84. The Morgan fingerprint density at radius 2 is 1.17 bits per heavy atom. The van der Waals surface area contributed by atoms with Gasteiger partial charge in [-0.25, -0.2) is 4.98 Å². The van der Waals surface area contributed by atoms with Crippen molar-refractivity contribution in [2.45, 2.75) is 26.2 Å². The van der Waals surface area contributed by atoms with Crippen LogP contribution in [-0.2, 0) is 5.41 Å². The quantitative estimate of drug-likeness (QED) is 0.267. The molecule has 0 spiro atoms. The maximum Gasteiger partial charge on any atom is 0.226 e. The molecule has 0 saturated heterocycles. The highest BCUT2D eigenvalue weighted by molar-refractivity contribution is 6.09. The van der Waals surface area contributed by atoms with Crippen LogP contribution in [0.5, 0.6) is 0 Å². The minimum Gasteiger partial charge on any atom is -0.436 e. The van der Waals surface area contributed by atoms with Crippen LogP contribution in [0.15, 0.2) is 114 Å². The van der Waals surface area contributed by atoms with Gasteiger partial charge >= 0.3 is 0 Å². The lowest BCUT2D eigenvalue weighted by atomic mass is 9.87. The molecule has 6 aromatic rings. The van der Waals surface area contributed by atoms with Crippen LogP contribution in [0.2, 0.25) is 0 Å². The fourth-order valence-corrected chi connectivity index (χ4v) is 4.85. The second-order valence-electron chi connectivity index (χ2n) is 10.1. The molecule has 1 heterocycles. The Morgan fingerprint density at radius 3 is 1.91 bits per heavy atom. The minimum atomic E-state index is 0.116. The molecule has 2 heteroatoms. The van der Waals surface area contributed by atoms with Crippen molar-refractivity contribution in [2.75, 3.05) is 0 Å². The SMILES string of the molecule is CC(C)(C)c1ccc(-c2ncc(-c3ccc(-c4cccc5ccccc45)c4ccccc34)o2)cc1. The molecular weight excluding hydrogens is 426 g/mol. The molecule has 0 amide bonds. The topological polar surface area (TPSA) is 26.0 Å². The summed E-state index contributed by atoms with van der Waals surface area (Å²) in [5, 5.41) is 4.86. The van der Waals surface area contributed by atoms with Crippen LogP contribution >= 0.6 is 0 Å². The van der Waals surface area contributed by atoms with Gasteiger partial charge in [0.15, 0.2) is 5.76 Å². The Balaban J connectivity index is 1.45.